The standard InChI is InChI=1S/C34H47N3O4/c1-8-12-14-22-34(35-25(6)38,33(40)36(10-3)11-4)31-24(5)37(30-21-20-28(41-7)23-29(30)31)32(39)27-18-16-26(17-19-27)15-13-9-2/h16-21,23H,8-15,22H2,1-7H3,(H,35,38). The maximum absolute atomic E-state index is 14.5. The molecule has 0 bridgehead atoms. The normalized spacial score (nSPS) is 12.7. The molecule has 0 aliphatic rings. The van der Waals surface area contributed by atoms with Gasteiger partial charge in [0.05, 0.1) is 12.6 Å². The minimum Gasteiger partial charge on any atom is -0.497 e. The summed E-state index contributed by atoms with van der Waals surface area (Å²) < 4.78 is 7.27. The van der Waals surface area contributed by atoms with Gasteiger partial charge in [-0.25, -0.2) is 0 Å². The highest BCUT2D eigenvalue weighted by Crippen LogP contribution is 2.41. The van der Waals surface area contributed by atoms with Gasteiger partial charge in [0.15, 0.2) is 0 Å². The summed E-state index contributed by atoms with van der Waals surface area (Å²) in [6.07, 6.45) is 6.24. The molecule has 1 N–H and O–H groups in total. The number of benzene rings is 2. The van der Waals surface area contributed by atoms with Crippen LogP contribution in [0.3, 0.4) is 0 Å². The smallest absolute Gasteiger partial charge is 0.262 e. The van der Waals surface area contributed by atoms with E-state index in [2.05, 4.69) is 19.2 Å². The number of rotatable bonds is 14. The maximum atomic E-state index is 14.5. The molecular formula is C34H47N3O4. The second-order valence-corrected chi connectivity index (χ2v) is 10.8. The molecule has 0 saturated heterocycles. The number of methoxy groups -OCH3 is 1. The molecule has 1 heterocycles. The van der Waals surface area contributed by atoms with Crippen LogP contribution in [0.15, 0.2) is 42.5 Å². The number of nitrogens with one attached hydrogen (secondary N) is 1. The van der Waals surface area contributed by atoms with Gasteiger partial charge in [-0.05, 0) is 75.9 Å². The molecule has 222 valence electrons. The summed E-state index contributed by atoms with van der Waals surface area (Å²) in [5, 5.41) is 3.83. The fraction of sp³-hybridized carbons (Fsp3) is 0.500. The highest BCUT2D eigenvalue weighted by molar-refractivity contribution is 6.07. The Balaban J connectivity index is 2.34. The zero-order valence-electron chi connectivity index (χ0n) is 25.9. The van der Waals surface area contributed by atoms with E-state index >= 15 is 0 Å². The van der Waals surface area contributed by atoms with Crippen LogP contribution in [0.2, 0.25) is 0 Å². The Morgan fingerprint density at radius 2 is 1.59 bits per heavy atom. The lowest BCUT2D eigenvalue weighted by molar-refractivity contribution is -0.142. The second-order valence-electron chi connectivity index (χ2n) is 10.8. The summed E-state index contributed by atoms with van der Waals surface area (Å²) in [7, 11) is 1.60. The lowest BCUT2D eigenvalue weighted by Gasteiger charge is -2.38. The molecule has 0 radical (unpaired) electrons. The summed E-state index contributed by atoms with van der Waals surface area (Å²) in [5.74, 6) is -0.0126. The second kappa shape index (κ2) is 14.3. The third-order valence-corrected chi connectivity index (χ3v) is 8.02. The van der Waals surface area contributed by atoms with Crippen molar-refractivity contribution in [1.29, 1.82) is 0 Å². The van der Waals surface area contributed by atoms with Crippen molar-refractivity contribution in [2.45, 2.75) is 92.0 Å². The Hall–Kier alpha value is -3.61. The quantitative estimate of drug-likeness (QED) is 0.220. The molecular weight excluding hydrogens is 514 g/mol. The number of likely N-dealkylation sites (N-methyl/N-ethyl adjacent to an activating group) is 1. The summed E-state index contributed by atoms with van der Waals surface area (Å²) in [6.45, 7) is 12.5. The van der Waals surface area contributed by atoms with E-state index in [1.807, 2.05) is 63.2 Å². The number of hydrogen-bond acceptors (Lipinski definition) is 4. The average Bonchev–Trinajstić information content (AvgIpc) is 3.26. The van der Waals surface area contributed by atoms with Gasteiger partial charge in [0.1, 0.15) is 11.3 Å². The molecule has 2 aromatic carbocycles. The van der Waals surface area contributed by atoms with E-state index in [4.69, 9.17) is 4.74 Å². The third-order valence-electron chi connectivity index (χ3n) is 8.02. The maximum Gasteiger partial charge on any atom is 0.262 e. The van der Waals surface area contributed by atoms with Gasteiger partial charge in [0.2, 0.25) is 5.91 Å². The first-order valence-electron chi connectivity index (χ1n) is 15.1. The lowest BCUT2D eigenvalue weighted by Crippen LogP contribution is -2.57. The Morgan fingerprint density at radius 1 is 0.927 bits per heavy atom. The number of aryl methyl sites for hydroxylation is 1. The molecule has 1 aromatic heterocycles. The minimum absolute atomic E-state index is 0.161. The number of ether oxygens (including phenoxy) is 1. The van der Waals surface area contributed by atoms with E-state index in [9.17, 15) is 14.4 Å². The van der Waals surface area contributed by atoms with Crippen LogP contribution >= 0.6 is 0 Å². The molecule has 1 unspecified atom stereocenters. The summed E-state index contributed by atoms with van der Waals surface area (Å²) in [4.78, 5) is 43.2. The Bertz CT molecular complexity index is 1350. The van der Waals surface area contributed by atoms with Crippen molar-refractivity contribution < 1.29 is 19.1 Å². The molecule has 0 spiro atoms. The van der Waals surface area contributed by atoms with Crippen molar-refractivity contribution in [3.05, 3.63) is 64.8 Å². The van der Waals surface area contributed by atoms with Gasteiger partial charge in [-0.3, -0.25) is 19.0 Å². The number of amides is 2. The number of fused-ring (bicyclic) bond motifs is 1. The number of nitrogens with zero attached hydrogens (tertiary/aromatic N) is 2. The number of carbonyl (C=O) groups is 3. The topological polar surface area (TPSA) is 80.6 Å². The van der Waals surface area contributed by atoms with Crippen molar-refractivity contribution >= 4 is 28.6 Å². The van der Waals surface area contributed by atoms with Crippen molar-refractivity contribution in [3.63, 3.8) is 0 Å². The first-order chi connectivity index (χ1) is 19.7. The van der Waals surface area contributed by atoms with Crippen molar-refractivity contribution in [3.8, 4) is 5.75 Å². The zero-order chi connectivity index (χ0) is 30.2. The van der Waals surface area contributed by atoms with Crippen LogP contribution < -0.4 is 10.1 Å². The average molecular weight is 562 g/mol. The Kier molecular flexibility index (Phi) is 11.2. The SMILES string of the molecule is CCCCCC(NC(C)=O)(C(=O)N(CC)CC)c1c(C)n(C(=O)c2ccc(CCCC)cc2)c2ccc(OC)cc12. The monoisotopic (exact) mass is 561 g/mol. The van der Waals surface area contributed by atoms with E-state index in [0.29, 0.717) is 47.6 Å². The van der Waals surface area contributed by atoms with Crippen LogP contribution in [0.25, 0.3) is 10.9 Å². The summed E-state index contributed by atoms with van der Waals surface area (Å²) in [6, 6.07) is 13.4. The molecule has 2 amide bonds. The van der Waals surface area contributed by atoms with Crippen LogP contribution in [0.5, 0.6) is 5.75 Å². The van der Waals surface area contributed by atoms with Gasteiger partial charge in [-0.1, -0.05) is 51.7 Å². The van der Waals surface area contributed by atoms with Gasteiger partial charge in [0.25, 0.3) is 11.8 Å². The number of aromatic nitrogens is 1. The van der Waals surface area contributed by atoms with E-state index < -0.39 is 5.54 Å². The molecule has 0 saturated carbocycles. The molecule has 0 fully saturated rings. The van der Waals surface area contributed by atoms with Crippen LogP contribution in [-0.4, -0.2) is 47.4 Å². The number of unbranched alkanes of at least 4 members (excludes halogenated alkanes) is 3. The Morgan fingerprint density at radius 3 is 2.15 bits per heavy atom. The summed E-state index contributed by atoms with van der Waals surface area (Å²) in [5.41, 5.74) is 2.40. The molecule has 0 aliphatic carbocycles. The fourth-order valence-electron chi connectivity index (χ4n) is 5.89. The number of hydrogen-bond donors (Lipinski definition) is 1. The summed E-state index contributed by atoms with van der Waals surface area (Å²) >= 11 is 0. The van der Waals surface area contributed by atoms with E-state index in [1.165, 1.54) is 12.5 Å². The first-order valence-corrected chi connectivity index (χ1v) is 15.1. The molecule has 3 rings (SSSR count). The third kappa shape index (κ3) is 6.66. The molecule has 0 aliphatic heterocycles. The minimum atomic E-state index is -1.34. The van der Waals surface area contributed by atoms with Crippen LogP contribution in [-0.2, 0) is 21.5 Å². The molecule has 1 atom stereocenters. The predicted octanol–water partition coefficient (Wildman–Crippen LogP) is 6.77. The fourth-order valence-corrected chi connectivity index (χ4v) is 5.89. The van der Waals surface area contributed by atoms with E-state index in [-0.39, 0.29) is 17.7 Å². The highest BCUT2D eigenvalue weighted by Gasteiger charge is 2.46. The van der Waals surface area contributed by atoms with E-state index in [0.717, 1.165) is 43.9 Å². The first kappa shape index (κ1) is 31.9. The van der Waals surface area contributed by atoms with Gasteiger partial charge in [-0.15, -0.1) is 0 Å². The van der Waals surface area contributed by atoms with Gasteiger partial charge >= 0.3 is 0 Å². The van der Waals surface area contributed by atoms with Crippen LogP contribution in [0.4, 0.5) is 0 Å². The van der Waals surface area contributed by atoms with Crippen molar-refractivity contribution in [2.24, 2.45) is 0 Å². The lowest BCUT2D eigenvalue weighted by atomic mass is 9.81. The van der Waals surface area contributed by atoms with Crippen LogP contribution in [0, 0.1) is 6.92 Å². The predicted molar refractivity (Wildman–Crippen MR) is 166 cm³/mol. The number of carbonyl (C=O) groups excluding carboxylic acids is 3. The largest absolute Gasteiger partial charge is 0.497 e. The van der Waals surface area contributed by atoms with Crippen molar-refractivity contribution in [2.75, 3.05) is 20.2 Å². The van der Waals surface area contributed by atoms with Gasteiger partial charge < -0.3 is 15.0 Å². The zero-order valence-corrected chi connectivity index (χ0v) is 25.9. The van der Waals surface area contributed by atoms with Gasteiger partial charge in [0, 0.05) is 42.2 Å². The highest BCUT2D eigenvalue weighted by atomic mass is 16.5. The Labute approximate surface area is 245 Å². The van der Waals surface area contributed by atoms with Gasteiger partial charge in [-0.2, -0.15) is 0 Å². The molecule has 7 heteroatoms. The van der Waals surface area contributed by atoms with Crippen molar-refractivity contribution in [1.82, 2.24) is 14.8 Å². The molecule has 3 aromatic rings. The van der Waals surface area contributed by atoms with Crippen LogP contribution in [0.1, 0.15) is 100 Å². The molecule has 41 heavy (non-hydrogen) atoms. The molecule has 7 nitrogen and oxygen atoms in total. The van der Waals surface area contributed by atoms with E-state index in [1.54, 1.807) is 16.6 Å².